The maximum atomic E-state index is 13.3. The summed E-state index contributed by atoms with van der Waals surface area (Å²) in [6.45, 7) is 0. The van der Waals surface area contributed by atoms with Gasteiger partial charge in [-0.1, -0.05) is 60.7 Å². The standard InChI is InChI=1S/C25H14O6S2/c26-24-20(32(28,29)18-11-9-14-5-1-3-7-16(14)22(18)24)13-21-25(27)23-17-8-4-2-6-15(17)10-12-19(23)33(21,30)31/h1-13,26H. The van der Waals surface area contributed by atoms with Crippen LogP contribution in [-0.2, 0) is 19.7 Å². The highest BCUT2D eigenvalue weighted by atomic mass is 32.2. The van der Waals surface area contributed by atoms with Gasteiger partial charge in [-0.15, -0.1) is 0 Å². The molecule has 0 radical (unpaired) electrons. The van der Waals surface area contributed by atoms with Gasteiger partial charge in [-0.25, -0.2) is 16.8 Å². The van der Waals surface area contributed by atoms with E-state index in [0.717, 1.165) is 11.5 Å². The molecule has 0 fully saturated rings. The molecular weight excluding hydrogens is 460 g/mol. The molecule has 2 heterocycles. The van der Waals surface area contributed by atoms with Crippen LogP contribution >= 0.6 is 0 Å². The summed E-state index contributed by atoms with van der Waals surface area (Å²) in [5.41, 5.74) is 0.114. The number of hydrogen-bond acceptors (Lipinski definition) is 6. The minimum absolute atomic E-state index is 0.0119. The number of carbonyl (C=O) groups is 1. The van der Waals surface area contributed by atoms with Crippen molar-refractivity contribution in [3.05, 3.63) is 99.8 Å². The first kappa shape index (κ1) is 19.9. The largest absolute Gasteiger partial charge is 0.506 e. The Morgan fingerprint density at radius 3 is 1.76 bits per heavy atom. The third-order valence-electron chi connectivity index (χ3n) is 6.12. The lowest BCUT2D eigenvalue weighted by molar-refractivity contribution is 0.104. The van der Waals surface area contributed by atoms with Crippen molar-refractivity contribution in [1.82, 2.24) is 0 Å². The maximum Gasteiger partial charge on any atom is 0.211 e. The predicted octanol–water partition coefficient (Wildman–Crippen LogP) is 4.56. The molecule has 0 saturated heterocycles. The van der Waals surface area contributed by atoms with Crippen molar-refractivity contribution in [1.29, 1.82) is 0 Å². The summed E-state index contributed by atoms with van der Waals surface area (Å²) in [5, 5.41) is 13.3. The van der Waals surface area contributed by atoms with Crippen LogP contribution in [0, 0.1) is 0 Å². The Kier molecular flexibility index (Phi) is 3.86. The van der Waals surface area contributed by atoms with Crippen LogP contribution in [0.15, 0.2) is 98.5 Å². The summed E-state index contributed by atoms with van der Waals surface area (Å²) in [6, 6.07) is 19.8. The second-order valence-corrected chi connectivity index (χ2v) is 11.7. The number of benzene rings is 4. The molecule has 0 aromatic heterocycles. The highest BCUT2D eigenvalue weighted by molar-refractivity contribution is 7.97. The summed E-state index contributed by atoms with van der Waals surface area (Å²) in [6.07, 6.45) is 0.797. The van der Waals surface area contributed by atoms with Crippen molar-refractivity contribution in [3.63, 3.8) is 0 Å². The summed E-state index contributed by atoms with van der Waals surface area (Å²) in [5.74, 6) is -1.36. The van der Waals surface area contributed by atoms with Crippen LogP contribution < -0.4 is 0 Å². The summed E-state index contributed by atoms with van der Waals surface area (Å²) < 4.78 is 53.0. The van der Waals surface area contributed by atoms with Gasteiger partial charge >= 0.3 is 0 Å². The van der Waals surface area contributed by atoms with E-state index in [1.165, 1.54) is 12.1 Å². The van der Waals surface area contributed by atoms with Gasteiger partial charge in [0.25, 0.3) is 0 Å². The molecular formula is C25H14O6S2. The Morgan fingerprint density at radius 1 is 0.636 bits per heavy atom. The van der Waals surface area contributed by atoms with E-state index in [1.807, 2.05) is 0 Å². The minimum Gasteiger partial charge on any atom is -0.506 e. The third kappa shape index (κ3) is 2.50. The van der Waals surface area contributed by atoms with Crippen LogP contribution in [0.3, 0.4) is 0 Å². The molecule has 0 amide bonds. The van der Waals surface area contributed by atoms with E-state index >= 15 is 0 Å². The molecule has 4 aromatic rings. The monoisotopic (exact) mass is 474 g/mol. The highest BCUT2D eigenvalue weighted by Crippen LogP contribution is 2.45. The van der Waals surface area contributed by atoms with E-state index in [1.54, 1.807) is 60.7 Å². The normalized spacial score (nSPS) is 19.4. The average Bonchev–Trinajstić information content (AvgIpc) is 3.13. The molecule has 2 aliphatic heterocycles. The molecule has 33 heavy (non-hydrogen) atoms. The maximum absolute atomic E-state index is 13.3. The second kappa shape index (κ2) is 6.40. The van der Waals surface area contributed by atoms with E-state index in [9.17, 15) is 26.7 Å². The van der Waals surface area contributed by atoms with Gasteiger partial charge in [-0.05, 0) is 39.8 Å². The first-order chi connectivity index (χ1) is 15.7. The van der Waals surface area contributed by atoms with Crippen molar-refractivity contribution in [3.8, 4) is 0 Å². The smallest absolute Gasteiger partial charge is 0.211 e. The molecule has 0 unspecified atom stereocenters. The van der Waals surface area contributed by atoms with Gasteiger partial charge in [0.1, 0.15) is 15.6 Å². The zero-order chi connectivity index (χ0) is 23.1. The molecule has 0 bridgehead atoms. The SMILES string of the molecule is O=C1C(=CC2=C(O)c3c(ccc4ccccc34)S2(=O)=O)S(=O)(=O)c2ccc3ccccc3c21. The Bertz CT molecular complexity index is 1860. The minimum atomic E-state index is -4.28. The van der Waals surface area contributed by atoms with Gasteiger partial charge in [0.2, 0.25) is 25.5 Å². The van der Waals surface area contributed by atoms with E-state index < -0.39 is 41.0 Å². The fraction of sp³-hybridized carbons (Fsp3) is 0. The van der Waals surface area contributed by atoms with Crippen LogP contribution in [0.2, 0.25) is 0 Å². The summed E-state index contributed by atoms with van der Waals surface area (Å²) in [4.78, 5) is 11.7. The van der Waals surface area contributed by atoms with Crippen molar-refractivity contribution in [2.24, 2.45) is 0 Å². The van der Waals surface area contributed by atoms with Gasteiger partial charge in [0.05, 0.1) is 15.4 Å². The number of aliphatic hydroxyl groups is 1. The molecule has 2 aliphatic rings. The van der Waals surface area contributed by atoms with Crippen LogP contribution in [0.4, 0.5) is 0 Å². The first-order valence-electron chi connectivity index (χ1n) is 9.96. The number of fused-ring (bicyclic) bond motifs is 6. The van der Waals surface area contributed by atoms with E-state index in [4.69, 9.17) is 0 Å². The number of aliphatic hydroxyl groups excluding tert-OH is 1. The van der Waals surface area contributed by atoms with Crippen LogP contribution in [-0.4, -0.2) is 27.7 Å². The molecule has 0 saturated carbocycles. The lowest BCUT2D eigenvalue weighted by Gasteiger charge is -2.04. The second-order valence-electron chi connectivity index (χ2n) is 7.88. The molecule has 6 nitrogen and oxygen atoms in total. The van der Waals surface area contributed by atoms with Crippen molar-refractivity contribution in [2.45, 2.75) is 9.79 Å². The Hall–Kier alpha value is -3.75. The zero-order valence-electron chi connectivity index (χ0n) is 16.8. The lowest BCUT2D eigenvalue weighted by Crippen LogP contribution is -2.06. The van der Waals surface area contributed by atoms with Gasteiger partial charge < -0.3 is 5.11 Å². The van der Waals surface area contributed by atoms with Crippen molar-refractivity contribution >= 4 is 52.8 Å². The van der Waals surface area contributed by atoms with Crippen LogP contribution in [0.5, 0.6) is 0 Å². The first-order valence-corrected chi connectivity index (χ1v) is 12.9. The molecule has 4 aromatic carbocycles. The highest BCUT2D eigenvalue weighted by Gasteiger charge is 2.43. The van der Waals surface area contributed by atoms with E-state index in [0.29, 0.717) is 16.2 Å². The van der Waals surface area contributed by atoms with Gasteiger partial charge in [0.15, 0.2) is 0 Å². The van der Waals surface area contributed by atoms with Gasteiger partial charge in [0, 0.05) is 5.56 Å². The fourth-order valence-corrected chi connectivity index (χ4v) is 7.81. The van der Waals surface area contributed by atoms with Crippen molar-refractivity contribution < 1.29 is 26.7 Å². The van der Waals surface area contributed by atoms with E-state index in [-0.39, 0.29) is 20.9 Å². The quantitative estimate of drug-likeness (QED) is 0.406. The number of sulfone groups is 2. The number of hydrogen-bond donors (Lipinski definition) is 1. The zero-order valence-corrected chi connectivity index (χ0v) is 18.4. The Morgan fingerprint density at radius 2 is 1.15 bits per heavy atom. The number of rotatable bonds is 1. The molecule has 0 aliphatic carbocycles. The number of Topliss-reactive ketones (excluding diaryl/α,β-unsaturated/α-hetero) is 1. The molecule has 1 N–H and O–H groups in total. The summed E-state index contributed by atoms with van der Waals surface area (Å²) in [7, 11) is -8.52. The van der Waals surface area contributed by atoms with Crippen LogP contribution in [0.1, 0.15) is 15.9 Å². The van der Waals surface area contributed by atoms with Crippen molar-refractivity contribution in [2.75, 3.05) is 0 Å². The van der Waals surface area contributed by atoms with E-state index in [2.05, 4.69) is 0 Å². The van der Waals surface area contributed by atoms with Gasteiger partial charge in [-0.2, -0.15) is 0 Å². The lowest BCUT2D eigenvalue weighted by atomic mass is 10.0. The average molecular weight is 475 g/mol. The number of allylic oxidation sites excluding steroid dienone is 2. The third-order valence-corrected chi connectivity index (χ3v) is 9.73. The number of ketones is 1. The predicted molar refractivity (Wildman–Crippen MR) is 124 cm³/mol. The number of carbonyl (C=O) groups excluding carboxylic acids is 1. The van der Waals surface area contributed by atoms with Gasteiger partial charge in [-0.3, -0.25) is 4.79 Å². The van der Waals surface area contributed by atoms with Crippen LogP contribution in [0.25, 0.3) is 27.3 Å². The Labute approximate surface area is 188 Å². The summed E-state index contributed by atoms with van der Waals surface area (Å²) >= 11 is 0. The molecule has 162 valence electrons. The molecule has 0 atom stereocenters. The molecule has 8 heteroatoms. The Balaban J connectivity index is 1.63. The topological polar surface area (TPSA) is 106 Å². The fourth-order valence-electron chi connectivity index (χ4n) is 4.57. The molecule has 6 rings (SSSR count). The molecule has 0 spiro atoms.